The summed E-state index contributed by atoms with van der Waals surface area (Å²) in [6, 6.07) is 6.97. The van der Waals surface area contributed by atoms with Crippen LogP contribution in [0, 0.1) is 27.7 Å². The van der Waals surface area contributed by atoms with Gasteiger partial charge in [0.1, 0.15) is 17.1 Å². The molecule has 0 unspecified atom stereocenters. The highest BCUT2D eigenvalue weighted by atomic mass is 16.3. The van der Waals surface area contributed by atoms with E-state index in [1.54, 1.807) is 13.8 Å². The first kappa shape index (κ1) is 14.1. The molecule has 0 bridgehead atoms. The number of amides is 1. The molecule has 1 amide bonds. The molecule has 4 heteroatoms. The van der Waals surface area contributed by atoms with Crippen molar-refractivity contribution in [3.63, 3.8) is 0 Å². The molecule has 0 fully saturated rings. The Morgan fingerprint density at radius 2 is 1.85 bits per heavy atom. The molecule has 4 nitrogen and oxygen atoms in total. The smallest absolute Gasteiger partial charge is 0.263 e. The Labute approximate surface area is 117 Å². The Morgan fingerprint density at radius 1 is 1.15 bits per heavy atom. The van der Waals surface area contributed by atoms with E-state index in [0.717, 1.165) is 11.1 Å². The molecule has 2 aromatic rings. The molecule has 0 aliphatic rings. The fourth-order valence-corrected chi connectivity index (χ4v) is 2.10. The Bertz CT molecular complexity index is 729. The van der Waals surface area contributed by atoms with Gasteiger partial charge in [-0.2, -0.15) is 0 Å². The summed E-state index contributed by atoms with van der Waals surface area (Å²) >= 11 is 0. The van der Waals surface area contributed by atoms with Crippen LogP contribution in [0.15, 0.2) is 33.5 Å². The van der Waals surface area contributed by atoms with Crippen LogP contribution in [0.5, 0.6) is 0 Å². The second kappa shape index (κ2) is 5.33. The van der Waals surface area contributed by atoms with Gasteiger partial charge >= 0.3 is 0 Å². The normalized spacial score (nSPS) is 10.4. The summed E-state index contributed by atoms with van der Waals surface area (Å²) in [5.74, 6) is 0.388. The molecule has 20 heavy (non-hydrogen) atoms. The zero-order chi connectivity index (χ0) is 14.9. The van der Waals surface area contributed by atoms with Crippen molar-refractivity contribution in [1.29, 1.82) is 0 Å². The van der Waals surface area contributed by atoms with Gasteiger partial charge in [0, 0.05) is 11.8 Å². The molecule has 0 saturated carbocycles. The van der Waals surface area contributed by atoms with Gasteiger partial charge in [0.2, 0.25) is 0 Å². The number of hydrogen-bond acceptors (Lipinski definition) is 3. The Balaban J connectivity index is 2.39. The fraction of sp³-hybridized carbons (Fsp3) is 0.250. The summed E-state index contributed by atoms with van der Waals surface area (Å²) in [7, 11) is 0. The van der Waals surface area contributed by atoms with Gasteiger partial charge in [0.15, 0.2) is 5.43 Å². The van der Waals surface area contributed by atoms with Gasteiger partial charge in [-0.15, -0.1) is 0 Å². The van der Waals surface area contributed by atoms with Crippen LogP contribution in [-0.2, 0) is 0 Å². The Kier molecular flexibility index (Phi) is 3.74. The number of carbonyl (C=O) groups is 1. The van der Waals surface area contributed by atoms with Gasteiger partial charge in [0.25, 0.3) is 5.91 Å². The van der Waals surface area contributed by atoms with Gasteiger partial charge in [-0.05, 0) is 44.9 Å². The molecule has 0 spiro atoms. The number of carbonyl (C=O) groups excluding carboxylic acids is 1. The molecule has 0 radical (unpaired) electrons. The van der Waals surface area contributed by atoms with Gasteiger partial charge < -0.3 is 9.73 Å². The molecular weight excluding hydrogens is 254 g/mol. The van der Waals surface area contributed by atoms with Crippen LogP contribution in [0.4, 0.5) is 5.69 Å². The quantitative estimate of drug-likeness (QED) is 0.912. The highest BCUT2D eigenvalue weighted by Crippen LogP contribution is 2.19. The third kappa shape index (κ3) is 2.64. The van der Waals surface area contributed by atoms with E-state index in [1.165, 1.54) is 6.07 Å². The second-order valence-corrected chi connectivity index (χ2v) is 4.85. The van der Waals surface area contributed by atoms with E-state index in [1.807, 2.05) is 32.0 Å². The molecule has 2 rings (SSSR count). The third-order valence-electron chi connectivity index (χ3n) is 3.33. The van der Waals surface area contributed by atoms with Gasteiger partial charge in [0.05, 0.1) is 0 Å². The maximum absolute atomic E-state index is 12.3. The Morgan fingerprint density at radius 3 is 2.50 bits per heavy atom. The van der Waals surface area contributed by atoms with Crippen molar-refractivity contribution in [2.24, 2.45) is 0 Å². The van der Waals surface area contributed by atoms with Gasteiger partial charge in [-0.1, -0.05) is 12.1 Å². The Hall–Kier alpha value is -2.36. The molecule has 0 aliphatic carbocycles. The number of benzene rings is 1. The number of anilines is 1. The van der Waals surface area contributed by atoms with Crippen LogP contribution in [-0.4, -0.2) is 5.91 Å². The predicted octanol–water partition coefficient (Wildman–Crippen LogP) is 3.13. The first-order chi connectivity index (χ1) is 9.40. The van der Waals surface area contributed by atoms with Crippen molar-refractivity contribution >= 4 is 11.6 Å². The number of rotatable bonds is 2. The maximum Gasteiger partial charge on any atom is 0.263 e. The highest BCUT2D eigenvalue weighted by Gasteiger charge is 2.17. The number of aryl methyl sites for hydroxylation is 3. The minimum Gasteiger partial charge on any atom is -0.466 e. The van der Waals surface area contributed by atoms with Crippen molar-refractivity contribution in [1.82, 2.24) is 0 Å². The molecule has 0 saturated heterocycles. The summed E-state index contributed by atoms with van der Waals surface area (Å²) in [6.07, 6.45) is 0. The van der Waals surface area contributed by atoms with Crippen molar-refractivity contribution < 1.29 is 9.21 Å². The molecular formula is C16H17NO3. The van der Waals surface area contributed by atoms with E-state index in [9.17, 15) is 9.59 Å². The minimum atomic E-state index is -0.440. The summed E-state index contributed by atoms with van der Waals surface area (Å²) in [4.78, 5) is 24.2. The van der Waals surface area contributed by atoms with Crippen LogP contribution in [0.25, 0.3) is 0 Å². The lowest BCUT2D eigenvalue weighted by molar-refractivity contribution is 0.102. The van der Waals surface area contributed by atoms with E-state index in [4.69, 9.17) is 4.42 Å². The molecule has 1 heterocycles. The molecule has 104 valence electrons. The van der Waals surface area contributed by atoms with E-state index in [2.05, 4.69) is 5.32 Å². The lowest BCUT2D eigenvalue weighted by atomic mass is 10.1. The SMILES string of the molecule is Cc1cc(=O)c(C(=O)Nc2cccc(C)c2C)c(C)o1. The summed E-state index contributed by atoms with van der Waals surface area (Å²) in [6.45, 7) is 7.19. The summed E-state index contributed by atoms with van der Waals surface area (Å²) in [5.41, 5.74) is 2.49. The number of nitrogens with one attached hydrogen (secondary N) is 1. The molecule has 0 aliphatic heterocycles. The summed E-state index contributed by atoms with van der Waals surface area (Å²) < 4.78 is 5.34. The zero-order valence-electron chi connectivity index (χ0n) is 12.0. The monoisotopic (exact) mass is 271 g/mol. The minimum absolute atomic E-state index is 0.0523. The van der Waals surface area contributed by atoms with Crippen LogP contribution < -0.4 is 10.7 Å². The van der Waals surface area contributed by atoms with Crippen LogP contribution >= 0.6 is 0 Å². The first-order valence-electron chi connectivity index (χ1n) is 6.39. The zero-order valence-corrected chi connectivity index (χ0v) is 12.0. The van der Waals surface area contributed by atoms with E-state index < -0.39 is 5.91 Å². The number of hydrogen-bond donors (Lipinski definition) is 1. The van der Waals surface area contributed by atoms with Crippen molar-refractivity contribution in [2.45, 2.75) is 27.7 Å². The van der Waals surface area contributed by atoms with Crippen LogP contribution in [0.2, 0.25) is 0 Å². The lowest BCUT2D eigenvalue weighted by Crippen LogP contribution is -2.23. The maximum atomic E-state index is 12.3. The molecule has 1 aromatic carbocycles. The average Bonchev–Trinajstić information content (AvgIpc) is 2.33. The van der Waals surface area contributed by atoms with E-state index in [-0.39, 0.29) is 11.0 Å². The van der Waals surface area contributed by atoms with Gasteiger partial charge in [-0.3, -0.25) is 9.59 Å². The van der Waals surface area contributed by atoms with Gasteiger partial charge in [-0.25, -0.2) is 0 Å². The highest BCUT2D eigenvalue weighted by molar-refractivity contribution is 6.05. The van der Waals surface area contributed by atoms with E-state index in [0.29, 0.717) is 17.2 Å². The fourth-order valence-electron chi connectivity index (χ4n) is 2.10. The molecule has 0 atom stereocenters. The third-order valence-corrected chi connectivity index (χ3v) is 3.33. The van der Waals surface area contributed by atoms with Crippen molar-refractivity contribution in [3.05, 3.63) is 62.7 Å². The van der Waals surface area contributed by atoms with Crippen molar-refractivity contribution in [3.8, 4) is 0 Å². The summed E-state index contributed by atoms with van der Waals surface area (Å²) in [5, 5.41) is 2.77. The first-order valence-corrected chi connectivity index (χ1v) is 6.39. The van der Waals surface area contributed by atoms with E-state index >= 15 is 0 Å². The largest absolute Gasteiger partial charge is 0.466 e. The standard InChI is InChI=1S/C16H17NO3/c1-9-6-5-7-13(11(9)3)17-16(19)15-12(4)20-10(2)8-14(15)18/h5-8H,1-4H3,(H,17,19). The molecule has 1 aromatic heterocycles. The second-order valence-electron chi connectivity index (χ2n) is 4.85. The van der Waals surface area contributed by atoms with Crippen molar-refractivity contribution in [2.75, 3.05) is 5.32 Å². The topological polar surface area (TPSA) is 59.3 Å². The van der Waals surface area contributed by atoms with Crippen LogP contribution in [0.3, 0.4) is 0 Å². The average molecular weight is 271 g/mol. The lowest BCUT2D eigenvalue weighted by Gasteiger charge is -2.11. The van der Waals surface area contributed by atoms with Crippen LogP contribution in [0.1, 0.15) is 33.0 Å². The molecule has 1 N–H and O–H groups in total. The predicted molar refractivity (Wildman–Crippen MR) is 78.3 cm³/mol.